The van der Waals surface area contributed by atoms with Crippen molar-refractivity contribution in [3.8, 4) is 11.5 Å². The molecule has 0 aliphatic carbocycles. The van der Waals surface area contributed by atoms with E-state index in [4.69, 9.17) is 9.47 Å². The Morgan fingerprint density at radius 2 is 1.65 bits per heavy atom. The third kappa shape index (κ3) is 4.75. The van der Waals surface area contributed by atoms with Gasteiger partial charge in [-0.15, -0.1) is 0 Å². The molecule has 0 aliphatic heterocycles. The summed E-state index contributed by atoms with van der Waals surface area (Å²) in [5.74, 6) is 2.49. The number of rotatable bonds is 7. The van der Waals surface area contributed by atoms with E-state index < -0.39 is 0 Å². The fourth-order valence-corrected chi connectivity index (χ4v) is 2.29. The van der Waals surface area contributed by atoms with Crippen LogP contribution in [0.2, 0.25) is 0 Å². The molecule has 0 unspecified atom stereocenters. The van der Waals surface area contributed by atoms with Crippen LogP contribution in [0.25, 0.3) is 5.57 Å². The number of methoxy groups -OCH3 is 1. The van der Waals surface area contributed by atoms with Crippen LogP contribution in [-0.2, 0) is 0 Å². The molecule has 0 spiro atoms. The van der Waals surface area contributed by atoms with Crippen molar-refractivity contribution < 1.29 is 9.47 Å². The second kappa shape index (κ2) is 7.68. The van der Waals surface area contributed by atoms with Crippen LogP contribution in [0.3, 0.4) is 0 Å². The van der Waals surface area contributed by atoms with Crippen LogP contribution in [0.5, 0.6) is 11.5 Å². The molecule has 0 N–H and O–H groups in total. The van der Waals surface area contributed by atoms with Crippen LogP contribution >= 0.6 is 0 Å². The fourth-order valence-electron chi connectivity index (χ4n) is 2.29. The Morgan fingerprint density at radius 3 is 2.30 bits per heavy atom. The Bertz CT molecular complexity index is 696. The van der Waals surface area contributed by atoms with E-state index in [2.05, 4.69) is 32.2 Å². The molecule has 0 aromatic heterocycles. The summed E-state index contributed by atoms with van der Waals surface area (Å²) in [4.78, 5) is 0. The lowest BCUT2D eigenvalue weighted by molar-refractivity contribution is 0.405. The monoisotopic (exact) mass is 308 g/mol. The Labute approximate surface area is 139 Å². The predicted octanol–water partition coefficient (Wildman–Crippen LogP) is 5.70. The van der Waals surface area contributed by atoms with E-state index in [1.165, 1.54) is 5.56 Å². The van der Waals surface area contributed by atoms with Crippen LogP contribution in [0.1, 0.15) is 29.5 Å². The van der Waals surface area contributed by atoms with Gasteiger partial charge in [-0.1, -0.05) is 37.4 Å². The smallest absolute Gasteiger partial charge is 0.130 e. The molecule has 0 saturated heterocycles. The molecule has 2 rings (SSSR count). The van der Waals surface area contributed by atoms with Crippen molar-refractivity contribution in [3.63, 3.8) is 0 Å². The molecule has 0 amide bonds. The van der Waals surface area contributed by atoms with Gasteiger partial charge < -0.3 is 9.47 Å². The van der Waals surface area contributed by atoms with E-state index in [9.17, 15) is 0 Å². The lowest BCUT2D eigenvalue weighted by Gasteiger charge is -2.13. The van der Waals surface area contributed by atoms with E-state index in [1.54, 1.807) is 7.11 Å². The van der Waals surface area contributed by atoms with Gasteiger partial charge in [0.05, 0.1) is 12.9 Å². The van der Waals surface area contributed by atoms with Crippen LogP contribution < -0.4 is 9.47 Å². The van der Waals surface area contributed by atoms with Gasteiger partial charge >= 0.3 is 0 Å². The molecule has 0 atom stereocenters. The van der Waals surface area contributed by atoms with Crippen molar-refractivity contribution >= 4 is 5.57 Å². The summed E-state index contributed by atoms with van der Waals surface area (Å²) >= 11 is 0. The highest BCUT2D eigenvalue weighted by molar-refractivity contribution is 5.64. The van der Waals surface area contributed by atoms with Gasteiger partial charge in [-0.2, -0.15) is 0 Å². The standard InChI is InChI=1S/C21H24O2/c1-15-6-7-17(3)21(14-15)23-18(4)9-8-16(2)19-10-12-20(22-5)13-11-19/h6-7,10-14H,2,4,8-9H2,1,3,5H3. The van der Waals surface area contributed by atoms with Gasteiger partial charge in [0.2, 0.25) is 0 Å². The van der Waals surface area contributed by atoms with Crippen molar-refractivity contribution in [3.05, 3.63) is 78.1 Å². The zero-order chi connectivity index (χ0) is 16.8. The van der Waals surface area contributed by atoms with Gasteiger partial charge in [0.1, 0.15) is 11.5 Å². The molecular formula is C21H24O2. The average Bonchev–Trinajstić information content (AvgIpc) is 2.56. The van der Waals surface area contributed by atoms with Crippen molar-refractivity contribution in [2.24, 2.45) is 0 Å². The van der Waals surface area contributed by atoms with Crippen LogP contribution in [0.15, 0.2) is 61.4 Å². The molecule has 2 aromatic carbocycles. The van der Waals surface area contributed by atoms with E-state index in [-0.39, 0.29) is 0 Å². The van der Waals surface area contributed by atoms with Crippen molar-refractivity contribution in [2.45, 2.75) is 26.7 Å². The number of ether oxygens (including phenoxy) is 2. The molecule has 120 valence electrons. The van der Waals surface area contributed by atoms with Crippen molar-refractivity contribution in [1.29, 1.82) is 0 Å². The minimum Gasteiger partial charge on any atom is -0.497 e. The van der Waals surface area contributed by atoms with Crippen molar-refractivity contribution in [1.82, 2.24) is 0 Å². The largest absolute Gasteiger partial charge is 0.497 e. The summed E-state index contributed by atoms with van der Waals surface area (Å²) < 4.78 is 11.1. The highest BCUT2D eigenvalue weighted by Gasteiger charge is 2.05. The summed E-state index contributed by atoms with van der Waals surface area (Å²) in [6.45, 7) is 12.3. The molecule has 23 heavy (non-hydrogen) atoms. The fraction of sp³-hybridized carbons (Fsp3) is 0.238. The minimum absolute atomic E-state index is 0.748. The van der Waals surface area contributed by atoms with Crippen LogP contribution in [0, 0.1) is 13.8 Å². The zero-order valence-corrected chi connectivity index (χ0v) is 14.2. The Morgan fingerprint density at radius 1 is 0.957 bits per heavy atom. The molecule has 2 heteroatoms. The van der Waals surface area contributed by atoms with E-state index >= 15 is 0 Å². The molecule has 0 aliphatic rings. The van der Waals surface area contributed by atoms with E-state index in [0.717, 1.165) is 46.8 Å². The molecule has 2 aromatic rings. The SMILES string of the molecule is C=C(CCC(=C)c1ccc(OC)cc1)Oc1cc(C)ccc1C. The summed E-state index contributed by atoms with van der Waals surface area (Å²) in [5.41, 5.74) is 4.48. The minimum atomic E-state index is 0.748. The number of hydrogen-bond acceptors (Lipinski definition) is 2. The lowest BCUT2D eigenvalue weighted by atomic mass is 10.0. The first-order valence-corrected chi connectivity index (χ1v) is 7.74. The summed E-state index contributed by atoms with van der Waals surface area (Å²) in [6.07, 6.45) is 1.56. The van der Waals surface area contributed by atoms with E-state index in [1.807, 2.05) is 37.3 Å². The Kier molecular flexibility index (Phi) is 5.64. The second-order valence-corrected chi connectivity index (χ2v) is 5.74. The Balaban J connectivity index is 1.90. The maximum Gasteiger partial charge on any atom is 0.130 e. The maximum atomic E-state index is 5.89. The number of benzene rings is 2. The van der Waals surface area contributed by atoms with Gasteiger partial charge in [0.15, 0.2) is 0 Å². The molecule has 0 fully saturated rings. The van der Waals surface area contributed by atoms with Crippen LogP contribution in [0.4, 0.5) is 0 Å². The van der Waals surface area contributed by atoms with E-state index in [0.29, 0.717) is 0 Å². The maximum absolute atomic E-state index is 5.89. The zero-order valence-electron chi connectivity index (χ0n) is 14.2. The molecular weight excluding hydrogens is 284 g/mol. The highest BCUT2D eigenvalue weighted by Crippen LogP contribution is 2.25. The summed E-state index contributed by atoms with van der Waals surface area (Å²) in [5, 5.41) is 0. The van der Waals surface area contributed by atoms with Crippen LogP contribution in [-0.4, -0.2) is 7.11 Å². The van der Waals surface area contributed by atoms with Gasteiger partial charge in [0, 0.05) is 6.42 Å². The third-order valence-corrected chi connectivity index (χ3v) is 3.80. The molecule has 0 bridgehead atoms. The molecule has 0 heterocycles. The van der Waals surface area contributed by atoms with Crippen molar-refractivity contribution in [2.75, 3.05) is 7.11 Å². The first-order valence-electron chi connectivity index (χ1n) is 7.74. The summed E-state index contributed by atoms with van der Waals surface area (Å²) in [7, 11) is 1.67. The van der Waals surface area contributed by atoms with Gasteiger partial charge in [0.25, 0.3) is 0 Å². The Hall–Kier alpha value is -2.48. The highest BCUT2D eigenvalue weighted by atomic mass is 16.5. The molecule has 0 saturated carbocycles. The number of allylic oxidation sites excluding steroid dienone is 2. The van der Waals surface area contributed by atoms with Gasteiger partial charge in [-0.05, 0) is 60.7 Å². The first-order chi connectivity index (χ1) is 11.0. The van der Waals surface area contributed by atoms with Gasteiger partial charge in [-0.25, -0.2) is 0 Å². The quantitative estimate of drug-likeness (QED) is 0.611. The topological polar surface area (TPSA) is 18.5 Å². The first kappa shape index (κ1) is 16.9. The average molecular weight is 308 g/mol. The summed E-state index contributed by atoms with van der Waals surface area (Å²) in [6, 6.07) is 14.1. The normalized spacial score (nSPS) is 10.2. The second-order valence-electron chi connectivity index (χ2n) is 5.74. The molecule has 0 radical (unpaired) electrons. The third-order valence-electron chi connectivity index (χ3n) is 3.80. The number of hydrogen-bond donors (Lipinski definition) is 0. The lowest BCUT2D eigenvalue weighted by Crippen LogP contribution is -1.97. The van der Waals surface area contributed by atoms with Gasteiger partial charge in [-0.3, -0.25) is 0 Å². The predicted molar refractivity (Wildman–Crippen MR) is 96.9 cm³/mol. The number of aryl methyl sites for hydroxylation is 2. The molecule has 2 nitrogen and oxygen atoms in total.